The molecule has 174 valence electrons. The van der Waals surface area contributed by atoms with E-state index in [1.165, 1.54) is 6.34 Å². The molecule has 2 atom stereocenters. The van der Waals surface area contributed by atoms with Crippen molar-refractivity contribution in [2.75, 3.05) is 6.61 Å². The lowest BCUT2D eigenvalue weighted by molar-refractivity contribution is -0.156. The van der Waals surface area contributed by atoms with Crippen LogP contribution in [0.2, 0.25) is 0 Å². The van der Waals surface area contributed by atoms with Gasteiger partial charge < -0.3 is 9.47 Å². The van der Waals surface area contributed by atoms with Crippen molar-refractivity contribution >= 4 is 28.4 Å². The van der Waals surface area contributed by atoms with Gasteiger partial charge in [0.2, 0.25) is 11.8 Å². The number of sulfonamides is 1. The first kappa shape index (κ1) is 23.0. The molecule has 0 aromatic heterocycles. The van der Waals surface area contributed by atoms with Crippen molar-refractivity contribution < 1.29 is 22.7 Å². The minimum atomic E-state index is -4.08. The molecule has 2 heterocycles. The third kappa shape index (κ3) is 4.15. The quantitative estimate of drug-likeness (QED) is 0.597. The number of hydrogen-bond acceptors (Lipinski definition) is 6. The van der Waals surface area contributed by atoms with Gasteiger partial charge in [0.15, 0.2) is 0 Å². The van der Waals surface area contributed by atoms with Crippen LogP contribution >= 0.6 is 0 Å². The fourth-order valence-electron chi connectivity index (χ4n) is 4.24. The molecule has 2 aliphatic rings. The van der Waals surface area contributed by atoms with E-state index in [-0.39, 0.29) is 17.9 Å². The summed E-state index contributed by atoms with van der Waals surface area (Å²) >= 11 is 0. The number of aryl methyl sites for hydroxylation is 1. The zero-order valence-corrected chi connectivity index (χ0v) is 19.8. The number of ether oxygens (including phenoxy) is 2. The fraction of sp³-hybridized carbons (Fsp3) is 0.360. The molecule has 0 aliphatic carbocycles. The van der Waals surface area contributed by atoms with Crippen molar-refractivity contribution in [2.24, 2.45) is 4.99 Å². The lowest BCUT2D eigenvalue weighted by Crippen LogP contribution is -2.59. The van der Waals surface area contributed by atoms with E-state index in [2.05, 4.69) is 4.99 Å². The van der Waals surface area contributed by atoms with Crippen LogP contribution < -0.4 is 0 Å². The van der Waals surface area contributed by atoms with Gasteiger partial charge in [0, 0.05) is 12.8 Å². The molecule has 8 heteroatoms. The van der Waals surface area contributed by atoms with E-state index < -0.39 is 27.8 Å². The van der Waals surface area contributed by atoms with Crippen LogP contribution in [0.15, 0.2) is 64.2 Å². The first-order valence-electron chi connectivity index (χ1n) is 11.1. The van der Waals surface area contributed by atoms with Crippen molar-refractivity contribution in [3.8, 4) is 0 Å². The number of carbonyl (C=O) groups excluding carboxylic acids is 1. The number of hydrogen-bond donors (Lipinski definition) is 0. The first-order valence-corrected chi connectivity index (χ1v) is 12.5. The van der Waals surface area contributed by atoms with Crippen molar-refractivity contribution in [2.45, 2.75) is 56.7 Å². The van der Waals surface area contributed by atoms with Crippen LogP contribution in [-0.2, 0) is 30.7 Å². The maximum atomic E-state index is 13.8. The molecule has 0 unspecified atom stereocenters. The molecule has 0 saturated heterocycles. The van der Waals surface area contributed by atoms with E-state index in [0.29, 0.717) is 12.2 Å². The second-order valence-corrected chi connectivity index (χ2v) is 10.0. The van der Waals surface area contributed by atoms with Crippen LogP contribution in [0, 0.1) is 6.92 Å². The van der Waals surface area contributed by atoms with Crippen LogP contribution in [0.3, 0.4) is 0 Å². The van der Waals surface area contributed by atoms with Crippen LogP contribution in [0.1, 0.15) is 43.4 Å². The summed E-state index contributed by atoms with van der Waals surface area (Å²) in [5.74, 6) is -0.0167. The molecule has 7 nitrogen and oxygen atoms in total. The molecule has 1 spiro atoms. The van der Waals surface area contributed by atoms with Gasteiger partial charge in [-0.05, 0) is 49.6 Å². The Morgan fingerprint density at radius 1 is 1.18 bits per heavy atom. The molecule has 33 heavy (non-hydrogen) atoms. The van der Waals surface area contributed by atoms with Gasteiger partial charge in [0.25, 0.3) is 10.0 Å². The highest BCUT2D eigenvalue weighted by atomic mass is 32.2. The maximum absolute atomic E-state index is 13.8. The monoisotopic (exact) mass is 468 g/mol. The summed E-state index contributed by atoms with van der Waals surface area (Å²) in [6, 6.07) is 13.1. The molecule has 0 amide bonds. The molecule has 2 aromatic rings. The zero-order valence-electron chi connectivity index (χ0n) is 19.0. The normalized spacial score (nSPS) is 21.8. The number of aliphatic imine (C=N–C) groups is 1. The van der Waals surface area contributed by atoms with E-state index in [9.17, 15) is 13.2 Å². The molecule has 0 fully saturated rings. The van der Waals surface area contributed by atoms with Crippen LogP contribution in [0.4, 0.5) is 0 Å². The highest BCUT2D eigenvalue weighted by molar-refractivity contribution is 7.89. The van der Waals surface area contributed by atoms with Crippen molar-refractivity contribution in [1.82, 2.24) is 4.31 Å². The summed E-state index contributed by atoms with van der Waals surface area (Å²) in [7, 11) is -4.08. The Morgan fingerprint density at radius 3 is 2.61 bits per heavy atom. The second-order valence-electron chi connectivity index (χ2n) is 8.22. The maximum Gasteiger partial charge on any atom is 0.337 e. The lowest BCUT2D eigenvalue weighted by Gasteiger charge is -2.40. The van der Waals surface area contributed by atoms with Crippen LogP contribution in [-0.4, -0.2) is 43.4 Å². The van der Waals surface area contributed by atoms with Gasteiger partial charge >= 0.3 is 5.97 Å². The highest BCUT2D eigenvalue weighted by Crippen LogP contribution is 2.42. The lowest BCUT2D eigenvalue weighted by atomic mass is 9.94. The minimum absolute atomic E-state index is 0.102. The van der Waals surface area contributed by atoms with E-state index in [1.54, 1.807) is 31.2 Å². The van der Waals surface area contributed by atoms with Crippen molar-refractivity contribution in [3.05, 3.63) is 71.0 Å². The minimum Gasteiger partial charge on any atom is -0.468 e. The molecular weight excluding hydrogens is 440 g/mol. The van der Waals surface area contributed by atoms with Gasteiger partial charge in [-0.25, -0.2) is 17.5 Å². The second kappa shape index (κ2) is 9.02. The Balaban J connectivity index is 1.89. The SMILES string of the molecule is CCCC1=Cc2ccccc2C[C@]2(O1)[C@H](C(=O)OCC)N=CN2S(=O)(=O)c1ccc(C)cc1. The average Bonchev–Trinajstić information content (AvgIpc) is 3.06. The molecule has 0 N–H and O–H groups in total. The van der Waals surface area contributed by atoms with Crippen molar-refractivity contribution in [1.29, 1.82) is 0 Å². The predicted molar refractivity (Wildman–Crippen MR) is 126 cm³/mol. The highest BCUT2D eigenvalue weighted by Gasteiger charge is 2.59. The van der Waals surface area contributed by atoms with Crippen molar-refractivity contribution in [3.63, 3.8) is 0 Å². The van der Waals surface area contributed by atoms with E-state index in [0.717, 1.165) is 27.4 Å². The number of rotatable bonds is 6. The van der Waals surface area contributed by atoms with E-state index in [1.807, 2.05) is 44.2 Å². The summed E-state index contributed by atoms with van der Waals surface area (Å²) in [5.41, 5.74) is 1.13. The van der Waals surface area contributed by atoms with Crippen LogP contribution in [0.25, 0.3) is 6.08 Å². The molecule has 2 aromatic carbocycles. The molecule has 2 aliphatic heterocycles. The number of benzene rings is 2. The topological polar surface area (TPSA) is 85.3 Å². The molecule has 0 saturated carbocycles. The van der Waals surface area contributed by atoms with Gasteiger partial charge in [0.05, 0.1) is 11.5 Å². The molecule has 4 rings (SSSR count). The Kier molecular flexibility index (Phi) is 6.30. The summed E-state index contributed by atoms with van der Waals surface area (Å²) in [6.45, 7) is 5.76. The van der Waals surface area contributed by atoms with Gasteiger partial charge in [-0.3, -0.25) is 4.99 Å². The third-order valence-electron chi connectivity index (χ3n) is 5.83. The van der Waals surface area contributed by atoms with E-state index in [4.69, 9.17) is 9.47 Å². The van der Waals surface area contributed by atoms with Gasteiger partial charge in [-0.1, -0.05) is 48.9 Å². The van der Waals surface area contributed by atoms with Crippen LogP contribution in [0.5, 0.6) is 0 Å². The smallest absolute Gasteiger partial charge is 0.337 e. The summed E-state index contributed by atoms with van der Waals surface area (Å²) in [5, 5.41) is 0. The predicted octanol–water partition coefficient (Wildman–Crippen LogP) is 4.07. The Bertz CT molecular complexity index is 1200. The summed E-state index contributed by atoms with van der Waals surface area (Å²) in [6.07, 6.45) is 4.64. The first-order chi connectivity index (χ1) is 15.8. The molecular formula is C25H28N2O5S. The third-order valence-corrected chi connectivity index (χ3v) is 7.62. The standard InChI is InChI=1S/C25H28N2O5S/c1-4-8-21-15-19-9-6-7-10-20(19)16-25(32-21)23(24(28)31-5-2)26-17-27(25)33(29,30)22-13-11-18(3)12-14-22/h6-7,9-15,17,23H,4-5,8,16H2,1-3H3/t23-,25-/m0/s1. The fourth-order valence-corrected chi connectivity index (χ4v) is 5.73. The number of esters is 1. The molecule has 0 bridgehead atoms. The zero-order chi connectivity index (χ0) is 23.6. The van der Waals surface area contributed by atoms with Gasteiger partial charge in [0.1, 0.15) is 12.1 Å². The summed E-state index contributed by atoms with van der Waals surface area (Å²) < 4.78 is 40.5. The number of fused-ring (bicyclic) bond motifs is 1. The Hall–Kier alpha value is -3.13. The number of allylic oxidation sites excluding steroid dienone is 1. The largest absolute Gasteiger partial charge is 0.468 e. The number of nitrogens with zero attached hydrogens (tertiary/aromatic N) is 2. The van der Waals surface area contributed by atoms with E-state index >= 15 is 0 Å². The Morgan fingerprint density at radius 2 is 1.91 bits per heavy atom. The van der Waals surface area contributed by atoms with Gasteiger partial charge in [-0.2, -0.15) is 0 Å². The average molecular weight is 469 g/mol. The Labute approximate surface area is 194 Å². The summed E-state index contributed by atoms with van der Waals surface area (Å²) in [4.78, 5) is 17.4. The van der Waals surface area contributed by atoms with Gasteiger partial charge in [-0.15, -0.1) is 0 Å². The molecule has 0 radical (unpaired) electrons. The number of carbonyl (C=O) groups is 1.